The van der Waals surface area contributed by atoms with Crippen LogP contribution in [0.4, 0.5) is 0 Å². The Balaban J connectivity index is 3.43. The van der Waals surface area contributed by atoms with Crippen molar-refractivity contribution in [1.82, 2.24) is 10.6 Å². The molecule has 94 valence electrons. The van der Waals surface area contributed by atoms with Gasteiger partial charge in [-0.15, -0.1) is 0 Å². The summed E-state index contributed by atoms with van der Waals surface area (Å²) in [5, 5.41) is 5.47. The lowest BCUT2D eigenvalue weighted by Gasteiger charge is -2.08. The molecule has 16 heavy (non-hydrogen) atoms. The molecule has 4 N–H and O–H groups in total. The predicted molar refractivity (Wildman–Crippen MR) is 63.8 cm³/mol. The van der Waals surface area contributed by atoms with E-state index in [-0.39, 0.29) is 11.8 Å². The van der Waals surface area contributed by atoms with Gasteiger partial charge in [-0.1, -0.05) is 13.8 Å². The first kappa shape index (κ1) is 14.9. The Morgan fingerprint density at radius 1 is 1.12 bits per heavy atom. The van der Waals surface area contributed by atoms with Crippen LogP contribution in [0.3, 0.4) is 0 Å². The number of nitrogens with one attached hydrogen (secondary N) is 2. The Bertz CT molecular complexity index is 217. The minimum atomic E-state index is -0.0397. The number of amides is 2. The van der Waals surface area contributed by atoms with Gasteiger partial charge in [-0.2, -0.15) is 0 Å². The molecule has 0 bridgehead atoms. The lowest BCUT2D eigenvalue weighted by molar-refractivity contribution is -0.122. The first-order valence-corrected chi connectivity index (χ1v) is 5.79. The first-order chi connectivity index (χ1) is 7.56. The molecule has 0 rings (SSSR count). The molecule has 0 heterocycles. The summed E-state index contributed by atoms with van der Waals surface area (Å²) in [6, 6.07) is 0. The Hall–Kier alpha value is -1.10. The number of hydrogen-bond donors (Lipinski definition) is 3. The van der Waals surface area contributed by atoms with Gasteiger partial charge in [-0.3, -0.25) is 9.59 Å². The number of rotatable bonds is 8. The molecule has 0 aliphatic rings. The summed E-state index contributed by atoms with van der Waals surface area (Å²) in [4.78, 5) is 22.4. The minimum absolute atomic E-state index is 0.0205. The Labute approximate surface area is 97.2 Å². The van der Waals surface area contributed by atoms with Crippen LogP contribution in [-0.2, 0) is 9.59 Å². The molecule has 0 aliphatic heterocycles. The summed E-state index contributed by atoms with van der Waals surface area (Å²) in [6.45, 7) is 5.67. The quantitative estimate of drug-likeness (QED) is 0.548. The fraction of sp³-hybridized carbons (Fsp3) is 0.818. The largest absolute Gasteiger partial charge is 0.356 e. The van der Waals surface area contributed by atoms with Crippen molar-refractivity contribution in [2.24, 2.45) is 11.7 Å². The molecule has 0 aromatic rings. The predicted octanol–water partition coefficient (Wildman–Crippen LogP) is 0.00380. The van der Waals surface area contributed by atoms with Crippen LogP contribution in [0.1, 0.15) is 33.1 Å². The highest BCUT2D eigenvalue weighted by molar-refractivity contribution is 5.78. The van der Waals surface area contributed by atoms with Gasteiger partial charge in [0.15, 0.2) is 0 Å². The molecule has 5 heteroatoms. The van der Waals surface area contributed by atoms with Crippen molar-refractivity contribution in [3.63, 3.8) is 0 Å². The van der Waals surface area contributed by atoms with E-state index in [0.29, 0.717) is 44.8 Å². The third kappa shape index (κ3) is 9.45. The standard InChI is InChI=1S/C11H23N3O2/c1-9(2)8-14-11(16)5-7-13-10(15)4-3-6-12/h9H,3-8,12H2,1-2H3,(H,13,15)(H,14,16). The molecule has 0 saturated carbocycles. The number of carbonyl (C=O) groups is 2. The summed E-state index contributed by atoms with van der Waals surface area (Å²) in [5.74, 6) is 0.387. The maximum atomic E-state index is 11.3. The summed E-state index contributed by atoms with van der Waals surface area (Å²) in [7, 11) is 0. The van der Waals surface area contributed by atoms with Crippen molar-refractivity contribution in [2.75, 3.05) is 19.6 Å². The van der Waals surface area contributed by atoms with E-state index >= 15 is 0 Å². The summed E-state index contributed by atoms with van der Waals surface area (Å²) in [5.41, 5.74) is 5.28. The third-order valence-electron chi connectivity index (χ3n) is 1.99. The normalized spacial score (nSPS) is 10.2. The smallest absolute Gasteiger partial charge is 0.221 e. The van der Waals surface area contributed by atoms with Gasteiger partial charge >= 0.3 is 0 Å². The van der Waals surface area contributed by atoms with Crippen molar-refractivity contribution in [3.05, 3.63) is 0 Å². The first-order valence-electron chi connectivity index (χ1n) is 5.79. The fourth-order valence-corrected chi connectivity index (χ4v) is 1.07. The average Bonchev–Trinajstić information content (AvgIpc) is 2.23. The lowest BCUT2D eigenvalue weighted by atomic mass is 10.2. The van der Waals surface area contributed by atoms with Crippen LogP contribution in [0.25, 0.3) is 0 Å². The molecule has 0 aromatic heterocycles. The van der Waals surface area contributed by atoms with Crippen LogP contribution in [0.2, 0.25) is 0 Å². The molecular formula is C11H23N3O2. The van der Waals surface area contributed by atoms with Crippen LogP contribution < -0.4 is 16.4 Å². The maximum absolute atomic E-state index is 11.3. The van der Waals surface area contributed by atoms with Gasteiger partial charge in [0, 0.05) is 25.9 Å². The summed E-state index contributed by atoms with van der Waals surface area (Å²) in [6.07, 6.45) is 1.45. The molecule has 0 saturated heterocycles. The van der Waals surface area contributed by atoms with Gasteiger partial charge in [-0.25, -0.2) is 0 Å². The van der Waals surface area contributed by atoms with Gasteiger partial charge in [0.05, 0.1) is 0 Å². The highest BCUT2D eigenvalue weighted by Gasteiger charge is 2.04. The molecule has 2 amide bonds. The van der Waals surface area contributed by atoms with Gasteiger partial charge in [0.2, 0.25) is 11.8 Å². The van der Waals surface area contributed by atoms with E-state index in [1.54, 1.807) is 0 Å². The van der Waals surface area contributed by atoms with Crippen LogP contribution in [0, 0.1) is 5.92 Å². The molecule has 0 aromatic carbocycles. The summed E-state index contributed by atoms with van der Waals surface area (Å²) < 4.78 is 0. The second kappa shape index (κ2) is 9.15. The van der Waals surface area contributed by atoms with E-state index in [1.165, 1.54) is 0 Å². The molecule has 0 fully saturated rings. The third-order valence-corrected chi connectivity index (χ3v) is 1.99. The van der Waals surface area contributed by atoms with Crippen LogP contribution in [0.5, 0.6) is 0 Å². The topological polar surface area (TPSA) is 84.2 Å². The molecule has 0 atom stereocenters. The van der Waals surface area contributed by atoms with E-state index in [2.05, 4.69) is 10.6 Å². The second-order valence-electron chi connectivity index (χ2n) is 4.19. The van der Waals surface area contributed by atoms with Crippen molar-refractivity contribution in [3.8, 4) is 0 Å². The van der Waals surface area contributed by atoms with E-state index in [4.69, 9.17) is 5.73 Å². The molecule has 0 aliphatic carbocycles. The average molecular weight is 229 g/mol. The van der Waals surface area contributed by atoms with Crippen molar-refractivity contribution in [1.29, 1.82) is 0 Å². The van der Waals surface area contributed by atoms with E-state index in [9.17, 15) is 9.59 Å². The lowest BCUT2D eigenvalue weighted by Crippen LogP contribution is -2.32. The summed E-state index contributed by atoms with van der Waals surface area (Å²) >= 11 is 0. The Morgan fingerprint density at radius 2 is 1.75 bits per heavy atom. The van der Waals surface area contributed by atoms with Crippen molar-refractivity contribution < 1.29 is 9.59 Å². The zero-order chi connectivity index (χ0) is 12.4. The van der Waals surface area contributed by atoms with Gasteiger partial charge < -0.3 is 16.4 Å². The van der Waals surface area contributed by atoms with Gasteiger partial charge in [0.25, 0.3) is 0 Å². The van der Waals surface area contributed by atoms with E-state index < -0.39 is 0 Å². The van der Waals surface area contributed by atoms with Crippen LogP contribution >= 0.6 is 0 Å². The molecule has 0 unspecified atom stereocenters. The number of carbonyl (C=O) groups excluding carboxylic acids is 2. The molecule has 0 spiro atoms. The minimum Gasteiger partial charge on any atom is -0.356 e. The monoisotopic (exact) mass is 229 g/mol. The maximum Gasteiger partial charge on any atom is 0.221 e. The highest BCUT2D eigenvalue weighted by atomic mass is 16.2. The highest BCUT2D eigenvalue weighted by Crippen LogP contribution is 1.89. The Morgan fingerprint density at radius 3 is 2.31 bits per heavy atom. The SMILES string of the molecule is CC(C)CNC(=O)CCNC(=O)CCCN. The van der Waals surface area contributed by atoms with Crippen molar-refractivity contribution >= 4 is 11.8 Å². The zero-order valence-corrected chi connectivity index (χ0v) is 10.2. The van der Waals surface area contributed by atoms with Gasteiger partial charge in [0.1, 0.15) is 0 Å². The molecule has 5 nitrogen and oxygen atoms in total. The molecule has 0 radical (unpaired) electrons. The van der Waals surface area contributed by atoms with Crippen LogP contribution in [0.15, 0.2) is 0 Å². The van der Waals surface area contributed by atoms with E-state index in [0.717, 1.165) is 0 Å². The zero-order valence-electron chi connectivity index (χ0n) is 10.2. The molecular weight excluding hydrogens is 206 g/mol. The van der Waals surface area contributed by atoms with Crippen molar-refractivity contribution in [2.45, 2.75) is 33.1 Å². The Kier molecular flexibility index (Phi) is 8.52. The fourth-order valence-electron chi connectivity index (χ4n) is 1.07. The van der Waals surface area contributed by atoms with E-state index in [1.807, 2.05) is 13.8 Å². The number of hydrogen-bond acceptors (Lipinski definition) is 3. The second-order valence-corrected chi connectivity index (χ2v) is 4.19. The van der Waals surface area contributed by atoms with Gasteiger partial charge in [-0.05, 0) is 18.9 Å². The number of nitrogens with two attached hydrogens (primary N) is 1. The van der Waals surface area contributed by atoms with Crippen LogP contribution in [-0.4, -0.2) is 31.4 Å².